The second-order valence-electron chi connectivity index (χ2n) is 11.3. The zero-order valence-electron chi connectivity index (χ0n) is 23.4. The van der Waals surface area contributed by atoms with Crippen LogP contribution in [-0.4, -0.2) is 41.1 Å². The zero-order chi connectivity index (χ0) is 26.9. The monoisotopic (exact) mass is 490 g/mol. The van der Waals surface area contributed by atoms with Gasteiger partial charge in [0.15, 0.2) is 5.79 Å². The predicted molar refractivity (Wildman–Crippen MR) is 140 cm³/mol. The van der Waals surface area contributed by atoms with Crippen molar-refractivity contribution in [2.45, 2.75) is 124 Å². The summed E-state index contributed by atoms with van der Waals surface area (Å²) in [5.74, 6) is -1.52. The number of carbonyl (C=O) groups excluding carboxylic acids is 2. The Labute approximate surface area is 212 Å². The molecule has 0 spiro atoms. The third-order valence-electron chi connectivity index (χ3n) is 4.68. The summed E-state index contributed by atoms with van der Waals surface area (Å²) < 4.78 is 23.1. The van der Waals surface area contributed by atoms with Gasteiger partial charge in [-0.05, 0) is 91.5 Å². The molecule has 0 aromatic rings. The number of allylic oxidation sites excluding steroid dienone is 4. The maximum Gasteiger partial charge on any atom is 0.331 e. The molecule has 6 nitrogen and oxygen atoms in total. The number of hydrogen-bond acceptors (Lipinski definition) is 6. The Hall–Kier alpha value is -2.18. The number of ether oxygens (including phenoxy) is 4. The normalized spacial score (nSPS) is 21.7. The van der Waals surface area contributed by atoms with Gasteiger partial charge >= 0.3 is 11.9 Å². The van der Waals surface area contributed by atoms with Gasteiger partial charge in [0.2, 0.25) is 0 Å². The van der Waals surface area contributed by atoms with E-state index in [0.29, 0.717) is 0 Å². The molecule has 0 unspecified atom stereocenters. The van der Waals surface area contributed by atoms with Crippen LogP contribution in [0, 0.1) is 0 Å². The van der Waals surface area contributed by atoms with Crippen molar-refractivity contribution in [3.63, 3.8) is 0 Å². The van der Waals surface area contributed by atoms with Gasteiger partial charge in [-0.1, -0.05) is 38.8 Å². The number of rotatable bonds is 10. The molecule has 2 atom stereocenters. The minimum atomic E-state index is -0.763. The lowest BCUT2D eigenvalue weighted by atomic mass is 10.0. The summed E-state index contributed by atoms with van der Waals surface area (Å²) >= 11 is 0. The van der Waals surface area contributed by atoms with Gasteiger partial charge in [-0.2, -0.15) is 0 Å². The maximum absolute atomic E-state index is 12.2. The van der Waals surface area contributed by atoms with Gasteiger partial charge in [-0.3, -0.25) is 0 Å². The molecule has 1 rings (SSSR count). The standard InChI is InChI=1S/C29H46O6/c1-11-13-21(15-17-25(30)34-27(3,4)5)19-23-24(33-29(9,10)32-23)20-22(14-12-2)16-18-26(31)35-28(6,7)8/h15-20,23-24H,11-14H2,1-10H3/b17-15+,18-16+,21-19-,22-20-/t23-,24-/m1/s1. The quantitative estimate of drug-likeness (QED) is 0.191. The molecule has 0 saturated carbocycles. The lowest BCUT2D eigenvalue weighted by molar-refractivity contribution is -0.149. The molecule has 35 heavy (non-hydrogen) atoms. The SMILES string of the molecule is CCCC(=C/[C@H]1OC(C)(C)O[C@@H]1/C=C(\C=C\C(=O)OC(C)(C)C)CCC)/C=C/C(=O)OC(C)(C)C. The molecule has 0 N–H and O–H groups in total. The van der Waals surface area contributed by atoms with E-state index in [0.717, 1.165) is 36.8 Å². The first kappa shape index (κ1) is 30.9. The van der Waals surface area contributed by atoms with Crippen molar-refractivity contribution in [1.82, 2.24) is 0 Å². The van der Waals surface area contributed by atoms with Gasteiger partial charge in [-0.15, -0.1) is 0 Å². The van der Waals surface area contributed by atoms with Crippen LogP contribution in [0.25, 0.3) is 0 Å². The largest absolute Gasteiger partial charge is 0.457 e. The molecule has 1 heterocycles. The van der Waals surface area contributed by atoms with Crippen molar-refractivity contribution in [1.29, 1.82) is 0 Å². The maximum atomic E-state index is 12.2. The Kier molecular flexibility index (Phi) is 11.7. The molecule has 0 aromatic carbocycles. The van der Waals surface area contributed by atoms with Crippen LogP contribution in [0.5, 0.6) is 0 Å². The molecule has 0 amide bonds. The van der Waals surface area contributed by atoms with Gasteiger partial charge in [0.1, 0.15) is 23.4 Å². The summed E-state index contributed by atoms with van der Waals surface area (Å²) in [7, 11) is 0. The lowest BCUT2D eigenvalue weighted by Gasteiger charge is -2.18. The zero-order valence-corrected chi connectivity index (χ0v) is 23.4. The van der Waals surface area contributed by atoms with Gasteiger partial charge in [0.25, 0.3) is 0 Å². The summed E-state index contributed by atoms with van der Waals surface area (Å²) in [6.45, 7) is 19.0. The molecule has 1 aliphatic rings. The molecular weight excluding hydrogens is 444 g/mol. The van der Waals surface area contributed by atoms with E-state index in [4.69, 9.17) is 18.9 Å². The molecule has 1 fully saturated rings. The molecule has 0 aliphatic carbocycles. The van der Waals surface area contributed by atoms with E-state index in [1.165, 1.54) is 12.2 Å². The highest BCUT2D eigenvalue weighted by atomic mass is 16.7. The van der Waals surface area contributed by atoms with Crippen LogP contribution in [0.4, 0.5) is 0 Å². The van der Waals surface area contributed by atoms with Crippen LogP contribution >= 0.6 is 0 Å². The third-order valence-corrected chi connectivity index (χ3v) is 4.68. The molecular formula is C29H46O6. The van der Waals surface area contributed by atoms with E-state index in [1.807, 2.05) is 67.5 Å². The highest BCUT2D eigenvalue weighted by Crippen LogP contribution is 2.32. The number of carbonyl (C=O) groups is 2. The molecule has 1 saturated heterocycles. The summed E-state index contributed by atoms with van der Waals surface area (Å²) in [6.07, 6.45) is 13.3. The van der Waals surface area contributed by atoms with Crippen molar-refractivity contribution < 1.29 is 28.5 Å². The molecule has 0 radical (unpaired) electrons. The van der Waals surface area contributed by atoms with Crippen molar-refractivity contribution in [3.05, 3.63) is 47.6 Å². The average Bonchev–Trinajstić information content (AvgIpc) is 2.94. The highest BCUT2D eigenvalue weighted by Gasteiger charge is 2.39. The van der Waals surface area contributed by atoms with Crippen LogP contribution in [-0.2, 0) is 28.5 Å². The highest BCUT2D eigenvalue weighted by molar-refractivity contribution is 5.83. The van der Waals surface area contributed by atoms with Gasteiger partial charge < -0.3 is 18.9 Å². The van der Waals surface area contributed by atoms with Crippen LogP contribution in [0.3, 0.4) is 0 Å². The minimum absolute atomic E-state index is 0.336. The average molecular weight is 491 g/mol. The predicted octanol–water partition coefficient (Wildman–Crippen LogP) is 6.76. The Bertz CT molecular complexity index is 762. The van der Waals surface area contributed by atoms with E-state index >= 15 is 0 Å². The van der Waals surface area contributed by atoms with E-state index in [2.05, 4.69) is 13.8 Å². The fraction of sp³-hybridized carbons (Fsp3) is 0.655. The second-order valence-corrected chi connectivity index (χ2v) is 11.3. The Morgan fingerprint density at radius 2 is 1.06 bits per heavy atom. The van der Waals surface area contributed by atoms with Crippen LogP contribution in [0.1, 0.15) is 94.9 Å². The molecule has 0 bridgehead atoms. The smallest absolute Gasteiger partial charge is 0.331 e. The van der Waals surface area contributed by atoms with E-state index in [1.54, 1.807) is 12.2 Å². The topological polar surface area (TPSA) is 71.1 Å². The number of hydrogen-bond donors (Lipinski definition) is 0. The van der Waals surface area contributed by atoms with Crippen LogP contribution in [0.15, 0.2) is 47.6 Å². The van der Waals surface area contributed by atoms with E-state index < -0.39 is 17.0 Å². The second kappa shape index (κ2) is 13.2. The summed E-state index contributed by atoms with van der Waals surface area (Å²) in [5, 5.41) is 0. The first-order valence-electron chi connectivity index (χ1n) is 12.6. The lowest BCUT2D eigenvalue weighted by Crippen LogP contribution is -2.22. The van der Waals surface area contributed by atoms with Gasteiger partial charge in [0, 0.05) is 12.2 Å². The fourth-order valence-electron chi connectivity index (χ4n) is 3.54. The summed E-state index contributed by atoms with van der Waals surface area (Å²) in [4.78, 5) is 24.3. The summed E-state index contributed by atoms with van der Waals surface area (Å²) in [5.41, 5.74) is 0.871. The Morgan fingerprint density at radius 1 is 0.714 bits per heavy atom. The van der Waals surface area contributed by atoms with E-state index in [-0.39, 0.29) is 24.1 Å². The molecule has 6 heteroatoms. The van der Waals surface area contributed by atoms with Gasteiger partial charge in [0.05, 0.1) is 0 Å². The first-order valence-corrected chi connectivity index (χ1v) is 12.6. The first-order chi connectivity index (χ1) is 16.0. The minimum Gasteiger partial charge on any atom is -0.457 e. The summed E-state index contributed by atoms with van der Waals surface area (Å²) in [6, 6.07) is 0. The Morgan fingerprint density at radius 3 is 1.34 bits per heavy atom. The van der Waals surface area contributed by atoms with Gasteiger partial charge in [-0.25, -0.2) is 9.59 Å². The van der Waals surface area contributed by atoms with Crippen molar-refractivity contribution in [2.24, 2.45) is 0 Å². The Balaban J connectivity index is 3.17. The van der Waals surface area contributed by atoms with Crippen molar-refractivity contribution >= 4 is 11.9 Å². The molecule has 1 aliphatic heterocycles. The molecule has 0 aromatic heterocycles. The fourth-order valence-corrected chi connectivity index (χ4v) is 3.54. The number of esters is 2. The van der Waals surface area contributed by atoms with Crippen LogP contribution < -0.4 is 0 Å². The van der Waals surface area contributed by atoms with Crippen molar-refractivity contribution in [2.75, 3.05) is 0 Å². The molecule has 198 valence electrons. The van der Waals surface area contributed by atoms with Crippen molar-refractivity contribution in [3.8, 4) is 0 Å². The van der Waals surface area contributed by atoms with E-state index in [9.17, 15) is 9.59 Å². The third kappa shape index (κ3) is 13.5. The van der Waals surface area contributed by atoms with Crippen LogP contribution in [0.2, 0.25) is 0 Å².